The van der Waals surface area contributed by atoms with Crippen LogP contribution in [0.15, 0.2) is 30.5 Å². The molecule has 0 saturated carbocycles. The second-order valence-electron chi connectivity index (χ2n) is 3.94. The number of aromatic nitrogens is 1. The molecule has 0 spiro atoms. The predicted octanol–water partition coefficient (Wildman–Crippen LogP) is 2.77. The molecule has 0 saturated heterocycles. The van der Waals surface area contributed by atoms with Gasteiger partial charge in [0.2, 0.25) is 0 Å². The lowest BCUT2D eigenvalue weighted by molar-refractivity contribution is 0.0698. The number of nitrogens with two attached hydrogens (primary N) is 1. The van der Waals surface area contributed by atoms with Crippen molar-refractivity contribution in [3.05, 3.63) is 41.0 Å². The highest BCUT2D eigenvalue weighted by Gasteiger charge is 2.10. The molecule has 0 fully saturated rings. The van der Waals surface area contributed by atoms with Gasteiger partial charge in [0.25, 0.3) is 0 Å². The Morgan fingerprint density at radius 2 is 2.20 bits per heavy atom. The van der Waals surface area contributed by atoms with E-state index < -0.39 is 5.97 Å². The second kappa shape index (κ2) is 5.66. The van der Waals surface area contributed by atoms with E-state index in [1.165, 1.54) is 19.4 Å². The molecule has 104 valence electrons. The van der Waals surface area contributed by atoms with Gasteiger partial charge < -0.3 is 20.9 Å². The van der Waals surface area contributed by atoms with E-state index in [0.717, 1.165) is 0 Å². The molecule has 0 bridgehead atoms. The fraction of sp³-hybridized carbons (Fsp3) is 0.0769. The number of hydrogen-bond acceptors (Lipinski definition) is 5. The van der Waals surface area contributed by atoms with Crippen LogP contribution in [0.5, 0.6) is 5.75 Å². The highest BCUT2D eigenvalue weighted by atomic mass is 35.5. The Balaban J connectivity index is 2.28. The maximum Gasteiger partial charge on any atom is 0.337 e. The van der Waals surface area contributed by atoms with Crippen LogP contribution in [0.3, 0.4) is 0 Å². The topological polar surface area (TPSA) is 97.5 Å². The molecule has 4 N–H and O–H groups in total. The van der Waals surface area contributed by atoms with E-state index in [-0.39, 0.29) is 11.3 Å². The van der Waals surface area contributed by atoms with E-state index in [1.54, 1.807) is 18.2 Å². The molecule has 1 aromatic carbocycles. The smallest absolute Gasteiger partial charge is 0.337 e. The zero-order valence-electron chi connectivity index (χ0n) is 10.6. The number of carbonyl (C=O) groups is 1. The van der Waals surface area contributed by atoms with E-state index in [1.807, 2.05) is 0 Å². The molecule has 0 atom stereocenters. The summed E-state index contributed by atoms with van der Waals surface area (Å²) in [6.45, 7) is 0. The molecule has 0 unspecified atom stereocenters. The van der Waals surface area contributed by atoms with E-state index >= 15 is 0 Å². The molecule has 0 aliphatic carbocycles. The number of carboxylic acids is 1. The van der Waals surface area contributed by atoms with Gasteiger partial charge in [-0.2, -0.15) is 0 Å². The first-order valence-corrected chi connectivity index (χ1v) is 5.98. The minimum absolute atomic E-state index is 0.0119. The van der Waals surface area contributed by atoms with Crippen molar-refractivity contribution in [2.24, 2.45) is 0 Å². The summed E-state index contributed by atoms with van der Waals surface area (Å²) in [6, 6.07) is 6.44. The number of rotatable bonds is 4. The zero-order valence-corrected chi connectivity index (χ0v) is 11.3. The third-order valence-electron chi connectivity index (χ3n) is 2.59. The van der Waals surface area contributed by atoms with Crippen LogP contribution >= 0.6 is 11.6 Å². The van der Waals surface area contributed by atoms with Crippen molar-refractivity contribution < 1.29 is 14.6 Å². The number of carboxylic acid groups (broad SMARTS) is 1. The second-order valence-corrected chi connectivity index (χ2v) is 4.34. The Labute approximate surface area is 120 Å². The lowest BCUT2D eigenvalue weighted by atomic mass is 10.2. The summed E-state index contributed by atoms with van der Waals surface area (Å²) >= 11 is 6.00. The Kier molecular flexibility index (Phi) is 3.95. The summed E-state index contributed by atoms with van der Waals surface area (Å²) in [5.74, 6) is -0.202. The Hall–Kier alpha value is -2.47. The van der Waals surface area contributed by atoms with Crippen molar-refractivity contribution >= 4 is 34.8 Å². The maximum atomic E-state index is 11.0. The highest BCUT2D eigenvalue weighted by molar-refractivity contribution is 6.32. The number of nitrogens with one attached hydrogen (secondary N) is 1. The van der Waals surface area contributed by atoms with Crippen LogP contribution in [0.25, 0.3) is 0 Å². The Bertz CT molecular complexity index is 661. The molecule has 2 aromatic rings. The minimum atomic E-state index is -1.11. The first-order chi connectivity index (χ1) is 9.51. The molecular weight excluding hydrogens is 282 g/mol. The molecule has 0 aliphatic rings. The third-order valence-corrected chi connectivity index (χ3v) is 2.88. The quantitative estimate of drug-likeness (QED) is 0.802. The Morgan fingerprint density at radius 1 is 1.45 bits per heavy atom. The number of nitrogen functional groups attached to an aromatic ring is 1. The van der Waals surface area contributed by atoms with Gasteiger partial charge in [0.1, 0.15) is 11.6 Å². The van der Waals surface area contributed by atoms with Crippen LogP contribution in [0.4, 0.5) is 17.2 Å². The number of nitrogens with zero attached hydrogens (tertiary/aromatic N) is 1. The van der Waals surface area contributed by atoms with Crippen molar-refractivity contribution in [2.45, 2.75) is 0 Å². The predicted molar refractivity (Wildman–Crippen MR) is 76.9 cm³/mol. The number of halogens is 1. The summed E-state index contributed by atoms with van der Waals surface area (Å²) in [5.41, 5.74) is 6.29. The van der Waals surface area contributed by atoms with Crippen molar-refractivity contribution in [2.75, 3.05) is 18.2 Å². The first kappa shape index (κ1) is 14.0. The minimum Gasteiger partial charge on any atom is -0.495 e. The maximum absolute atomic E-state index is 11.0. The molecule has 0 amide bonds. The van der Waals surface area contributed by atoms with E-state index in [2.05, 4.69) is 10.3 Å². The van der Waals surface area contributed by atoms with Crippen LogP contribution in [0.1, 0.15) is 10.4 Å². The van der Waals surface area contributed by atoms with Gasteiger partial charge in [0.05, 0.1) is 29.6 Å². The lowest BCUT2D eigenvalue weighted by Crippen LogP contribution is -2.05. The monoisotopic (exact) mass is 293 g/mol. The van der Waals surface area contributed by atoms with Crippen LogP contribution in [0.2, 0.25) is 5.02 Å². The standard InChI is InChI=1S/C13H12ClN3O3/c1-20-11-3-2-7(4-9(11)14)17-12-5-8(13(18)19)10(15)6-16-12/h2-6H,15H2,1H3,(H,16,17)(H,18,19). The van der Waals surface area contributed by atoms with Crippen molar-refractivity contribution in [1.82, 2.24) is 4.98 Å². The van der Waals surface area contributed by atoms with E-state index in [0.29, 0.717) is 22.3 Å². The summed E-state index contributed by atoms with van der Waals surface area (Å²) < 4.78 is 5.05. The van der Waals surface area contributed by atoms with Gasteiger partial charge in [-0.25, -0.2) is 9.78 Å². The van der Waals surface area contributed by atoms with Gasteiger partial charge in [0, 0.05) is 5.69 Å². The number of pyridine rings is 1. The summed E-state index contributed by atoms with van der Waals surface area (Å²) in [6.07, 6.45) is 1.29. The lowest BCUT2D eigenvalue weighted by Gasteiger charge is -2.09. The molecule has 2 rings (SSSR count). The third kappa shape index (κ3) is 2.92. The van der Waals surface area contributed by atoms with E-state index in [9.17, 15) is 4.79 Å². The molecule has 0 radical (unpaired) electrons. The molecule has 7 heteroatoms. The van der Waals surface area contributed by atoms with Crippen LogP contribution in [0, 0.1) is 0 Å². The van der Waals surface area contributed by atoms with Gasteiger partial charge in [-0.05, 0) is 24.3 Å². The highest BCUT2D eigenvalue weighted by Crippen LogP contribution is 2.28. The number of anilines is 3. The average Bonchev–Trinajstić information content (AvgIpc) is 2.41. The molecule has 0 aliphatic heterocycles. The average molecular weight is 294 g/mol. The summed E-state index contributed by atoms with van der Waals surface area (Å²) in [4.78, 5) is 15.0. The van der Waals surface area contributed by atoms with Gasteiger partial charge >= 0.3 is 5.97 Å². The van der Waals surface area contributed by atoms with Gasteiger partial charge in [-0.1, -0.05) is 11.6 Å². The molecular formula is C13H12ClN3O3. The SMILES string of the molecule is COc1ccc(Nc2cc(C(=O)O)c(N)cn2)cc1Cl. The largest absolute Gasteiger partial charge is 0.495 e. The molecule has 6 nitrogen and oxygen atoms in total. The molecule has 1 heterocycles. The van der Waals surface area contributed by atoms with Crippen molar-refractivity contribution in [3.8, 4) is 5.75 Å². The summed E-state index contributed by atoms with van der Waals surface area (Å²) in [5, 5.41) is 12.4. The van der Waals surface area contributed by atoms with E-state index in [4.69, 9.17) is 27.2 Å². The fourth-order valence-electron chi connectivity index (χ4n) is 1.61. The Morgan fingerprint density at radius 3 is 2.80 bits per heavy atom. The number of aromatic carboxylic acids is 1. The molecule has 1 aromatic heterocycles. The summed E-state index contributed by atoms with van der Waals surface area (Å²) in [7, 11) is 1.52. The fourth-order valence-corrected chi connectivity index (χ4v) is 1.87. The van der Waals surface area contributed by atoms with Crippen LogP contribution in [-0.2, 0) is 0 Å². The normalized spacial score (nSPS) is 10.1. The van der Waals surface area contributed by atoms with Crippen LogP contribution in [-0.4, -0.2) is 23.2 Å². The van der Waals surface area contributed by atoms with Gasteiger partial charge in [-0.3, -0.25) is 0 Å². The van der Waals surface area contributed by atoms with Crippen molar-refractivity contribution in [3.63, 3.8) is 0 Å². The van der Waals surface area contributed by atoms with Gasteiger partial charge in [-0.15, -0.1) is 0 Å². The number of ether oxygens (including phenoxy) is 1. The van der Waals surface area contributed by atoms with Crippen LogP contribution < -0.4 is 15.8 Å². The number of hydrogen-bond donors (Lipinski definition) is 3. The number of methoxy groups -OCH3 is 1. The zero-order chi connectivity index (χ0) is 14.7. The van der Waals surface area contributed by atoms with Crippen molar-refractivity contribution in [1.29, 1.82) is 0 Å². The number of benzene rings is 1. The van der Waals surface area contributed by atoms with Gasteiger partial charge in [0.15, 0.2) is 0 Å². The first-order valence-electron chi connectivity index (χ1n) is 5.60. The molecule has 20 heavy (non-hydrogen) atoms.